The lowest BCUT2D eigenvalue weighted by molar-refractivity contribution is -0.125. The number of alkyl halides is 1. The fraction of sp³-hybridized carbons (Fsp3) is 0.800. The maximum absolute atomic E-state index is 11.8. The van der Waals surface area contributed by atoms with Crippen molar-refractivity contribution < 1.29 is 14.3 Å². The average Bonchev–Trinajstić information content (AvgIpc) is 2.60. The third-order valence-electron chi connectivity index (χ3n) is 3.19. The fourth-order valence-corrected chi connectivity index (χ4v) is 2.73. The summed E-state index contributed by atoms with van der Waals surface area (Å²) in [6.07, 6.45) is 2.16. The Kier molecular flexibility index (Phi) is 4.13. The van der Waals surface area contributed by atoms with Crippen LogP contribution >= 0.6 is 15.9 Å². The Morgan fingerprint density at radius 1 is 1.60 bits per heavy atom. The van der Waals surface area contributed by atoms with Crippen molar-refractivity contribution >= 4 is 27.8 Å². The Bertz CT molecular complexity index is 269. The molecule has 86 valence electrons. The Hall–Kier alpha value is -0.580. The van der Waals surface area contributed by atoms with Crippen molar-refractivity contribution in [3.05, 3.63) is 0 Å². The maximum atomic E-state index is 11.8. The van der Waals surface area contributed by atoms with Gasteiger partial charge in [-0.3, -0.25) is 4.79 Å². The van der Waals surface area contributed by atoms with Crippen LogP contribution in [-0.4, -0.2) is 30.4 Å². The molecule has 0 spiro atoms. The lowest BCUT2D eigenvalue weighted by Crippen LogP contribution is -2.47. The fourth-order valence-electron chi connectivity index (χ4n) is 2.09. The number of ether oxygens (including phenoxy) is 1. The van der Waals surface area contributed by atoms with Crippen molar-refractivity contribution in [1.82, 2.24) is 5.32 Å². The van der Waals surface area contributed by atoms with Crippen molar-refractivity contribution in [1.29, 1.82) is 0 Å². The van der Waals surface area contributed by atoms with Crippen LogP contribution < -0.4 is 5.32 Å². The van der Waals surface area contributed by atoms with Gasteiger partial charge in [0.05, 0.1) is 12.4 Å². The van der Waals surface area contributed by atoms with Crippen molar-refractivity contribution in [2.75, 3.05) is 12.4 Å². The molecular weight excluding hydrogens is 262 g/mol. The normalized spacial score (nSPS) is 29.9. The second-order valence-electron chi connectivity index (χ2n) is 4.06. The van der Waals surface area contributed by atoms with Crippen molar-refractivity contribution in [2.45, 2.75) is 32.2 Å². The quantitative estimate of drug-likeness (QED) is 0.802. The summed E-state index contributed by atoms with van der Waals surface area (Å²) in [5, 5.41) is 3.07. The molecule has 0 aliphatic heterocycles. The summed E-state index contributed by atoms with van der Waals surface area (Å²) in [5.74, 6) is 0.140. The molecule has 4 nitrogen and oxygen atoms in total. The second kappa shape index (κ2) is 4.96. The number of ketones is 1. The van der Waals surface area contributed by atoms with Crippen LogP contribution in [0.1, 0.15) is 26.2 Å². The number of amides is 1. The van der Waals surface area contributed by atoms with Gasteiger partial charge < -0.3 is 10.1 Å². The highest BCUT2D eigenvalue weighted by molar-refractivity contribution is 9.09. The van der Waals surface area contributed by atoms with Gasteiger partial charge in [0.25, 0.3) is 0 Å². The Labute approximate surface area is 97.9 Å². The number of hydrogen-bond donors (Lipinski definition) is 1. The standard InChI is InChI=1S/C10H16BrNO3/c1-10(8(13)6-11)5-3-4-7(10)12-9(14)15-2/h7H,3-6H2,1-2H3,(H,12,14). The van der Waals surface area contributed by atoms with Gasteiger partial charge in [-0.05, 0) is 12.8 Å². The third-order valence-corrected chi connectivity index (χ3v) is 3.70. The van der Waals surface area contributed by atoms with E-state index in [0.29, 0.717) is 5.33 Å². The molecule has 0 aromatic carbocycles. The topological polar surface area (TPSA) is 55.4 Å². The molecule has 0 saturated heterocycles. The Morgan fingerprint density at radius 2 is 2.27 bits per heavy atom. The zero-order valence-corrected chi connectivity index (χ0v) is 10.6. The lowest BCUT2D eigenvalue weighted by Gasteiger charge is -2.29. The van der Waals surface area contributed by atoms with Gasteiger partial charge >= 0.3 is 6.09 Å². The van der Waals surface area contributed by atoms with Gasteiger partial charge in [-0.15, -0.1) is 0 Å². The van der Waals surface area contributed by atoms with Crippen LogP contribution in [-0.2, 0) is 9.53 Å². The van der Waals surface area contributed by atoms with Crippen molar-refractivity contribution in [3.63, 3.8) is 0 Å². The number of Topliss-reactive ketones (excluding diaryl/α,β-unsaturated/α-hetero) is 1. The van der Waals surface area contributed by atoms with E-state index in [4.69, 9.17) is 0 Å². The van der Waals surface area contributed by atoms with Gasteiger partial charge in [-0.1, -0.05) is 29.3 Å². The van der Waals surface area contributed by atoms with Crippen LogP contribution in [0.5, 0.6) is 0 Å². The SMILES string of the molecule is COC(=O)NC1CCCC1(C)C(=O)CBr. The molecule has 0 radical (unpaired) electrons. The first-order valence-electron chi connectivity index (χ1n) is 4.98. The maximum Gasteiger partial charge on any atom is 0.407 e. The number of nitrogens with one attached hydrogen (secondary N) is 1. The minimum atomic E-state index is -0.463. The van der Waals surface area contributed by atoms with E-state index >= 15 is 0 Å². The number of carbonyl (C=O) groups is 2. The second-order valence-corrected chi connectivity index (χ2v) is 4.62. The molecule has 1 rings (SSSR count). The van der Waals surface area contributed by atoms with Gasteiger partial charge in [-0.25, -0.2) is 4.79 Å². The highest BCUT2D eigenvalue weighted by Crippen LogP contribution is 2.39. The van der Waals surface area contributed by atoms with Gasteiger partial charge in [0.15, 0.2) is 5.78 Å². The number of methoxy groups -OCH3 is 1. The highest BCUT2D eigenvalue weighted by Gasteiger charge is 2.44. The minimum absolute atomic E-state index is 0.102. The van der Waals surface area contributed by atoms with Gasteiger partial charge in [0, 0.05) is 11.5 Å². The molecule has 1 saturated carbocycles. The van der Waals surface area contributed by atoms with Crippen LogP contribution in [0.25, 0.3) is 0 Å². The first-order valence-corrected chi connectivity index (χ1v) is 6.10. The first kappa shape index (κ1) is 12.5. The van der Waals surface area contributed by atoms with E-state index in [0.717, 1.165) is 19.3 Å². The predicted octanol–water partition coefficient (Wildman–Crippen LogP) is 1.87. The molecule has 1 aliphatic carbocycles. The van der Waals surface area contributed by atoms with E-state index in [1.165, 1.54) is 7.11 Å². The van der Waals surface area contributed by atoms with Crippen LogP contribution in [0.15, 0.2) is 0 Å². The summed E-state index contributed by atoms with van der Waals surface area (Å²) in [6, 6.07) is -0.102. The molecule has 0 aromatic rings. The average molecular weight is 278 g/mol. The number of alkyl carbamates (subject to hydrolysis) is 1. The number of hydrogen-bond acceptors (Lipinski definition) is 3. The molecule has 0 aromatic heterocycles. The molecule has 1 aliphatic rings. The summed E-state index contributed by atoms with van der Waals surface area (Å²) in [6.45, 7) is 1.91. The Morgan fingerprint density at radius 3 is 2.80 bits per heavy atom. The van der Waals surface area contributed by atoms with Gasteiger partial charge in [0.2, 0.25) is 0 Å². The molecule has 15 heavy (non-hydrogen) atoms. The van der Waals surface area contributed by atoms with Crippen LogP contribution in [0, 0.1) is 5.41 Å². The van der Waals surface area contributed by atoms with E-state index in [1.54, 1.807) is 0 Å². The summed E-state index contributed by atoms with van der Waals surface area (Å²) in [5.41, 5.74) is -0.447. The van der Waals surface area contributed by atoms with Crippen LogP contribution in [0.4, 0.5) is 4.79 Å². The van der Waals surface area contributed by atoms with Gasteiger partial charge in [-0.2, -0.15) is 0 Å². The molecule has 1 N–H and O–H groups in total. The van der Waals surface area contributed by atoms with E-state index in [1.807, 2.05) is 6.92 Å². The first-order chi connectivity index (χ1) is 7.04. The summed E-state index contributed by atoms with van der Waals surface area (Å²) in [4.78, 5) is 22.9. The number of halogens is 1. The van der Waals surface area contributed by atoms with E-state index in [-0.39, 0.29) is 11.8 Å². The van der Waals surface area contributed by atoms with E-state index < -0.39 is 11.5 Å². The molecule has 0 heterocycles. The van der Waals surface area contributed by atoms with Crippen molar-refractivity contribution in [3.8, 4) is 0 Å². The molecule has 1 amide bonds. The minimum Gasteiger partial charge on any atom is -0.453 e. The molecule has 2 atom stereocenters. The third kappa shape index (κ3) is 2.51. The number of carbonyl (C=O) groups excluding carboxylic acids is 2. The highest BCUT2D eigenvalue weighted by atomic mass is 79.9. The smallest absolute Gasteiger partial charge is 0.407 e. The molecule has 1 fully saturated rings. The summed E-state index contributed by atoms with van der Waals surface area (Å²) < 4.78 is 4.55. The van der Waals surface area contributed by atoms with E-state index in [2.05, 4.69) is 26.0 Å². The van der Waals surface area contributed by atoms with E-state index in [9.17, 15) is 9.59 Å². The molecule has 0 bridgehead atoms. The van der Waals surface area contributed by atoms with Gasteiger partial charge in [0.1, 0.15) is 0 Å². The molecular formula is C10H16BrNO3. The van der Waals surface area contributed by atoms with Crippen LogP contribution in [0.3, 0.4) is 0 Å². The zero-order valence-electron chi connectivity index (χ0n) is 9.01. The Balaban J connectivity index is 2.71. The monoisotopic (exact) mass is 277 g/mol. The van der Waals surface area contributed by atoms with Crippen LogP contribution in [0.2, 0.25) is 0 Å². The summed E-state index contributed by atoms with van der Waals surface area (Å²) in [7, 11) is 1.33. The number of rotatable bonds is 3. The molecule has 5 heteroatoms. The predicted molar refractivity (Wildman–Crippen MR) is 60.1 cm³/mol. The van der Waals surface area contributed by atoms with Crippen molar-refractivity contribution in [2.24, 2.45) is 5.41 Å². The summed E-state index contributed by atoms with van der Waals surface area (Å²) >= 11 is 3.18. The molecule has 2 unspecified atom stereocenters. The largest absolute Gasteiger partial charge is 0.453 e. The lowest BCUT2D eigenvalue weighted by atomic mass is 9.81. The zero-order chi connectivity index (χ0) is 11.5.